The molecule has 0 aromatic carbocycles. The van der Waals surface area contributed by atoms with Crippen LogP contribution in [0.5, 0.6) is 0 Å². The van der Waals surface area contributed by atoms with Crippen LogP contribution in [0.15, 0.2) is 0 Å². The molecule has 1 aliphatic heterocycles. The van der Waals surface area contributed by atoms with E-state index < -0.39 is 10.2 Å². The number of hydrogen-bond acceptors (Lipinski definition) is 2. The second kappa shape index (κ2) is 5.51. The zero-order valence-electron chi connectivity index (χ0n) is 11.3. The quantitative estimate of drug-likeness (QED) is 0.705. The van der Waals surface area contributed by atoms with Crippen molar-refractivity contribution >= 4 is 21.8 Å². The molecule has 19 heavy (non-hydrogen) atoms. The molecule has 1 saturated heterocycles. The van der Waals surface area contributed by atoms with Crippen molar-refractivity contribution in [2.75, 3.05) is 25.5 Å². The molecule has 0 N–H and O–H groups in total. The van der Waals surface area contributed by atoms with Crippen LogP contribution < -0.4 is 0 Å². The van der Waals surface area contributed by atoms with Crippen LogP contribution in [0.3, 0.4) is 0 Å². The standard InChI is InChI=1S/C13H23ClN2O2S/c14-8-12-2-1-7-15(9-12)19(17,18)16(13-5-6-13)10-11-3-4-11/h11-13H,1-10H2. The lowest BCUT2D eigenvalue weighted by molar-refractivity contribution is 0.255. The van der Waals surface area contributed by atoms with Crippen LogP contribution in [0.2, 0.25) is 0 Å². The molecule has 2 aliphatic carbocycles. The maximum Gasteiger partial charge on any atom is 0.282 e. The van der Waals surface area contributed by atoms with E-state index in [9.17, 15) is 8.42 Å². The predicted octanol–water partition coefficient (Wildman–Crippen LogP) is 2.06. The molecule has 3 rings (SSSR count). The molecule has 1 atom stereocenters. The van der Waals surface area contributed by atoms with E-state index in [0.717, 1.165) is 32.2 Å². The number of hydrogen-bond donors (Lipinski definition) is 0. The van der Waals surface area contributed by atoms with Gasteiger partial charge >= 0.3 is 0 Å². The maximum absolute atomic E-state index is 12.8. The second-order valence-corrected chi connectivity index (χ2v) is 8.46. The Bertz CT molecular complexity index is 420. The lowest BCUT2D eigenvalue weighted by atomic mass is 10.0. The van der Waals surface area contributed by atoms with Crippen LogP contribution in [-0.4, -0.2) is 48.6 Å². The Morgan fingerprint density at radius 3 is 2.42 bits per heavy atom. The van der Waals surface area contributed by atoms with Gasteiger partial charge in [-0.15, -0.1) is 11.6 Å². The Balaban J connectivity index is 1.71. The number of halogens is 1. The fraction of sp³-hybridized carbons (Fsp3) is 1.00. The first-order valence-electron chi connectivity index (χ1n) is 7.44. The summed E-state index contributed by atoms with van der Waals surface area (Å²) in [5.41, 5.74) is 0. The lowest BCUT2D eigenvalue weighted by Gasteiger charge is -2.35. The van der Waals surface area contributed by atoms with Gasteiger partial charge in [0.25, 0.3) is 10.2 Å². The molecule has 0 aromatic heterocycles. The third-order valence-electron chi connectivity index (χ3n) is 4.41. The predicted molar refractivity (Wildman–Crippen MR) is 76.4 cm³/mol. The van der Waals surface area contributed by atoms with Crippen molar-refractivity contribution in [2.45, 2.75) is 44.6 Å². The minimum atomic E-state index is -3.25. The van der Waals surface area contributed by atoms with Gasteiger partial charge in [0.2, 0.25) is 0 Å². The number of piperidine rings is 1. The average molecular weight is 307 g/mol. The van der Waals surface area contributed by atoms with Gasteiger partial charge in [0, 0.05) is 31.6 Å². The van der Waals surface area contributed by atoms with Crippen LogP contribution in [0.4, 0.5) is 0 Å². The van der Waals surface area contributed by atoms with Gasteiger partial charge < -0.3 is 0 Å². The molecule has 3 aliphatic rings. The summed E-state index contributed by atoms with van der Waals surface area (Å²) >= 11 is 5.91. The lowest BCUT2D eigenvalue weighted by Crippen LogP contribution is -2.49. The van der Waals surface area contributed by atoms with Gasteiger partial charge in [-0.3, -0.25) is 0 Å². The van der Waals surface area contributed by atoms with Crippen molar-refractivity contribution in [1.82, 2.24) is 8.61 Å². The summed E-state index contributed by atoms with van der Waals surface area (Å²) in [5, 5.41) is 0. The van der Waals surface area contributed by atoms with Gasteiger partial charge in [-0.25, -0.2) is 0 Å². The molecule has 4 nitrogen and oxygen atoms in total. The summed E-state index contributed by atoms with van der Waals surface area (Å²) in [5.74, 6) is 1.51. The third kappa shape index (κ3) is 3.26. The Morgan fingerprint density at radius 1 is 1.11 bits per heavy atom. The first-order valence-corrected chi connectivity index (χ1v) is 9.37. The van der Waals surface area contributed by atoms with Crippen molar-refractivity contribution in [3.63, 3.8) is 0 Å². The molecule has 1 unspecified atom stereocenters. The van der Waals surface area contributed by atoms with E-state index in [1.165, 1.54) is 12.8 Å². The maximum atomic E-state index is 12.8. The van der Waals surface area contributed by atoms with Crippen LogP contribution in [-0.2, 0) is 10.2 Å². The molecule has 3 fully saturated rings. The molecule has 0 spiro atoms. The van der Waals surface area contributed by atoms with Gasteiger partial charge in [-0.2, -0.15) is 17.0 Å². The van der Waals surface area contributed by atoms with Crippen molar-refractivity contribution in [1.29, 1.82) is 0 Å². The van der Waals surface area contributed by atoms with E-state index in [0.29, 0.717) is 30.8 Å². The highest BCUT2D eigenvalue weighted by Crippen LogP contribution is 2.37. The van der Waals surface area contributed by atoms with Gasteiger partial charge in [-0.1, -0.05) is 0 Å². The molecule has 0 radical (unpaired) electrons. The minimum Gasteiger partial charge on any atom is -0.195 e. The monoisotopic (exact) mass is 306 g/mol. The number of nitrogens with zero attached hydrogens (tertiary/aromatic N) is 2. The van der Waals surface area contributed by atoms with Crippen molar-refractivity contribution in [2.24, 2.45) is 11.8 Å². The molecular formula is C13H23ClN2O2S. The minimum absolute atomic E-state index is 0.280. The van der Waals surface area contributed by atoms with Crippen LogP contribution in [0.1, 0.15) is 38.5 Å². The molecule has 2 saturated carbocycles. The van der Waals surface area contributed by atoms with Gasteiger partial charge in [0.15, 0.2) is 0 Å². The summed E-state index contributed by atoms with van der Waals surface area (Å²) in [6, 6.07) is 0.280. The zero-order chi connectivity index (χ0) is 13.5. The molecule has 110 valence electrons. The van der Waals surface area contributed by atoms with Crippen molar-refractivity contribution < 1.29 is 8.42 Å². The fourth-order valence-electron chi connectivity index (χ4n) is 2.86. The summed E-state index contributed by atoms with van der Waals surface area (Å²) in [6.45, 7) is 2.03. The number of rotatable bonds is 6. The normalized spacial score (nSPS) is 29.9. The van der Waals surface area contributed by atoms with E-state index in [2.05, 4.69) is 0 Å². The highest BCUT2D eigenvalue weighted by molar-refractivity contribution is 7.86. The number of alkyl halides is 1. The molecule has 0 bridgehead atoms. The Hall–Kier alpha value is 0.160. The second-order valence-electron chi connectivity index (χ2n) is 6.27. The molecule has 0 amide bonds. The average Bonchev–Trinajstić information content (AvgIpc) is 3.28. The highest BCUT2D eigenvalue weighted by Gasteiger charge is 2.43. The molecule has 1 heterocycles. The van der Waals surface area contributed by atoms with Crippen LogP contribution in [0.25, 0.3) is 0 Å². The highest BCUT2D eigenvalue weighted by atomic mass is 35.5. The van der Waals surface area contributed by atoms with E-state index in [-0.39, 0.29) is 6.04 Å². The first kappa shape index (κ1) is 14.1. The van der Waals surface area contributed by atoms with Crippen LogP contribution in [0, 0.1) is 11.8 Å². The Morgan fingerprint density at radius 2 is 1.84 bits per heavy atom. The van der Waals surface area contributed by atoms with E-state index in [1.54, 1.807) is 8.61 Å². The largest absolute Gasteiger partial charge is 0.282 e. The SMILES string of the molecule is O=S(=O)(N1CCCC(CCl)C1)N(CC1CC1)C1CC1. The smallest absolute Gasteiger partial charge is 0.195 e. The Kier molecular flexibility index (Phi) is 4.09. The van der Waals surface area contributed by atoms with Crippen LogP contribution >= 0.6 is 11.6 Å². The van der Waals surface area contributed by atoms with E-state index in [4.69, 9.17) is 11.6 Å². The summed E-state index contributed by atoms with van der Waals surface area (Å²) in [6.07, 6.45) is 6.48. The summed E-state index contributed by atoms with van der Waals surface area (Å²) in [7, 11) is -3.25. The van der Waals surface area contributed by atoms with Gasteiger partial charge in [-0.05, 0) is 50.4 Å². The molecule has 6 heteroatoms. The Labute approximate surface area is 121 Å². The third-order valence-corrected chi connectivity index (χ3v) is 6.87. The first-order chi connectivity index (χ1) is 9.11. The van der Waals surface area contributed by atoms with Crippen molar-refractivity contribution in [3.8, 4) is 0 Å². The topological polar surface area (TPSA) is 40.6 Å². The summed E-state index contributed by atoms with van der Waals surface area (Å²) < 4.78 is 29.1. The van der Waals surface area contributed by atoms with Crippen molar-refractivity contribution in [3.05, 3.63) is 0 Å². The van der Waals surface area contributed by atoms with E-state index >= 15 is 0 Å². The molecule has 0 aromatic rings. The zero-order valence-corrected chi connectivity index (χ0v) is 12.9. The fourth-order valence-corrected chi connectivity index (χ4v) is 5.15. The van der Waals surface area contributed by atoms with Gasteiger partial charge in [0.1, 0.15) is 0 Å². The van der Waals surface area contributed by atoms with Gasteiger partial charge in [0.05, 0.1) is 0 Å². The summed E-state index contributed by atoms with van der Waals surface area (Å²) in [4.78, 5) is 0. The van der Waals surface area contributed by atoms with E-state index in [1.807, 2.05) is 0 Å². The molecular weight excluding hydrogens is 284 g/mol.